The van der Waals surface area contributed by atoms with Crippen LogP contribution >= 0.6 is 0 Å². The molecule has 1 aromatic carbocycles. The molecule has 0 bridgehead atoms. The Morgan fingerprint density at radius 1 is 1.41 bits per heavy atom. The highest BCUT2D eigenvalue weighted by atomic mass is 19.2. The van der Waals surface area contributed by atoms with Gasteiger partial charge in [0.15, 0.2) is 11.6 Å². The third kappa shape index (κ3) is 2.79. The molecule has 1 aliphatic heterocycles. The number of benzene rings is 1. The minimum atomic E-state index is -1.09. The number of amides is 1. The van der Waals surface area contributed by atoms with Crippen LogP contribution in [0, 0.1) is 11.6 Å². The zero-order valence-electron chi connectivity index (χ0n) is 9.30. The summed E-state index contributed by atoms with van der Waals surface area (Å²) >= 11 is 0. The van der Waals surface area contributed by atoms with E-state index in [4.69, 9.17) is 0 Å². The summed E-state index contributed by atoms with van der Waals surface area (Å²) in [5, 5.41) is 5.83. The van der Waals surface area contributed by atoms with Crippen LogP contribution in [0.25, 0.3) is 0 Å². The molecule has 2 N–H and O–H groups in total. The van der Waals surface area contributed by atoms with E-state index in [-0.39, 0.29) is 11.6 Å². The van der Waals surface area contributed by atoms with Crippen LogP contribution < -0.4 is 10.6 Å². The van der Waals surface area contributed by atoms with Gasteiger partial charge in [0.25, 0.3) is 5.91 Å². The molecule has 0 spiro atoms. The van der Waals surface area contributed by atoms with Crippen LogP contribution in [0.3, 0.4) is 0 Å². The summed E-state index contributed by atoms with van der Waals surface area (Å²) in [5.74, 6) is -2.65. The summed E-state index contributed by atoms with van der Waals surface area (Å²) in [4.78, 5) is 11.7. The minimum absolute atomic E-state index is 0.0149. The van der Waals surface area contributed by atoms with Gasteiger partial charge in [0.2, 0.25) is 0 Å². The number of hydrogen-bond acceptors (Lipinski definition) is 2. The van der Waals surface area contributed by atoms with Crippen molar-refractivity contribution in [1.82, 2.24) is 10.6 Å². The first kappa shape index (κ1) is 12.0. The van der Waals surface area contributed by atoms with Crippen molar-refractivity contribution in [2.24, 2.45) is 0 Å². The first-order valence-electron chi connectivity index (χ1n) is 5.64. The lowest BCUT2D eigenvalue weighted by atomic mass is 10.1. The average Bonchev–Trinajstić information content (AvgIpc) is 2.34. The normalized spacial score (nSPS) is 20.0. The third-order valence-corrected chi connectivity index (χ3v) is 2.83. The highest BCUT2D eigenvalue weighted by Gasteiger charge is 2.19. The zero-order valence-corrected chi connectivity index (χ0v) is 9.30. The molecule has 92 valence electrons. The predicted octanol–water partition coefficient (Wildman–Crippen LogP) is 1.45. The maximum absolute atomic E-state index is 13.4. The average molecular weight is 240 g/mol. The Morgan fingerprint density at radius 2 is 2.24 bits per heavy atom. The molecule has 1 fully saturated rings. The van der Waals surface area contributed by atoms with Crippen LogP contribution in [0.2, 0.25) is 0 Å². The van der Waals surface area contributed by atoms with Crippen molar-refractivity contribution in [3.63, 3.8) is 0 Å². The summed E-state index contributed by atoms with van der Waals surface area (Å²) in [6.45, 7) is 1.60. The summed E-state index contributed by atoms with van der Waals surface area (Å²) in [7, 11) is 0. The largest absolute Gasteiger partial charge is 0.348 e. The lowest BCUT2D eigenvalue weighted by molar-refractivity contribution is 0.0925. The van der Waals surface area contributed by atoms with E-state index in [9.17, 15) is 13.6 Å². The van der Waals surface area contributed by atoms with E-state index in [1.165, 1.54) is 12.1 Å². The number of halogens is 2. The number of piperidine rings is 1. The lowest BCUT2D eigenvalue weighted by Gasteiger charge is -2.23. The van der Waals surface area contributed by atoms with Gasteiger partial charge in [-0.1, -0.05) is 6.07 Å². The van der Waals surface area contributed by atoms with Gasteiger partial charge in [0.05, 0.1) is 5.56 Å². The van der Waals surface area contributed by atoms with Crippen LogP contribution in [0.15, 0.2) is 18.2 Å². The fourth-order valence-electron chi connectivity index (χ4n) is 1.92. The molecule has 0 aliphatic carbocycles. The third-order valence-electron chi connectivity index (χ3n) is 2.83. The molecule has 17 heavy (non-hydrogen) atoms. The van der Waals surface area contributed by atoms with E-state index in [2.05, 4.69) is 10.6 Å². The van der Waals surface area contributed by atoms with E-state index >= 15 is 0 Å². The molecule has 1 heterocycles. The van der Waals surface area contributed by atoms with Gasteiger partial charge in [-0.25, -0.2) is 8.78 Å². The van der Waals surface area contributed by atoms with Gasteiger partial charge >= 0.3 is 0 Å². The zero-order chi connectivity index (χ0) is 12.3. The Labute approximate surface area is 98.2 Å². The van der Waals surface area contributed by atoms with Crippen LogP contribution in [0.4, 0.5) is 8.78 Å². The predicted molar refractivity (Wildman–Crippen MR) is 59.7 cm³/mol. The number of nitrogens with one attached hydrogen (secondary N) is 2. The van der Waals surface area contributed by atoms with Crippen molar-refractivity contribution in [1.29, 1.82) is 0 Å². The molecular weight excluding hydrogens is 226 g/mol. The van der Waals surface area contributed by atoms with Crippen LogP contribution in [0.1, 0.15) is 23.2 Å². The van der Waals surface area contributed by atoms with Crippen molar-refractivity contribution >= 4 is 5.91 Å². The smallest absolute Gasteiger partial charge is 0.254 e. The second-order valence-corrected chi connectivity index (χ2v) is 4.12. The molecule has 5 heteroatoms. The van der Waals surface area contributed by atoms with Gasteiger partial charge in [0.1, 0.15) is 0 Å². The molecule has 1 aromatic rings. The topological polar surface area (TPSA) is 41.1 Å². The standard InChI is InChI=1S/C12H14F2N2O/c13-10-5-1-4-9(11(10)14)12(17)16-8-3-2-6-15-7-8/h1,4-5,8,15H,2-3,6-7H2,(H,16,17)/t8-/m1/s1. The summed E-state index contributed by atoms with van der Waals surface area (Å²) in [6, 6.07) is 3.59. The molecule has 0 aromatic heterocycles. The van der Waals surface area contributed by atoms with E-state index in [0.29, 0.717) is 6.54 Å². The first-order chi connectivity index (χ1) is 8.18. The van der Waals surface area contributed by atoms with Gasteiger partial charge < -0.3 is 10.6 Å². The van der Waals surface area contributed by atoms with Crippen molar-refractivity contribution in [3.8, 4) is 0 Å². The van der Waals surface area contributed by atoms with Gasteiger partial charge in [-0.15, -0.1) is 0 Å². The van der Waals surface area contributed by atoms with Gasteiger partial charge in [-0.3, -0.25) is 4.79 Å². The molecule has 2 rings (SSSR count). The fraction of sp³-hybridized carbons (Fsp3) is 0.417. The molecule has 1 saturated heterocycles. The number of carbonyl (C=O) groups excluding carboxylic acids is 1. The molecule has 0 radical (unpaired) electrons. The Hall–Kier alpha value is -1.49. The molecule has 3 nitrogen and oxygen atoms in total. The summed E-state index contributed by atoms with van der Waals surface area (Å²) in [6.07, 6.45) is 1.83. The Bertz CT molecular complexity index is 417. The molecule has 1 amide bonds. The van der Waals surface area contributed by atoms with Crippen LogP contribution in [-0.4, -0.2) is 25.0 Å². The maximum Gasteiger partial charge on any atom is 0.254 e. The minimum Gasteiger partial charge on any atom is -0.348 e. The molecule has 0 unspecified atom stereocenters. The van der Waals surface area contributed by atoms with E-state index in [1.54, 1.807) is 0 Å². The van der Waals surface area contributed by atoms with E-state index < -0.39 is 17.5 Å². The first-order valence-corrected chi connectivity index (χ1v) is 5.64. The van der Waals surface area contributed by atoms with Gasteiger partial charge in [-0.05, 0) is 31.5 Å². The Kier molecular flexibility index (Phi) is 3.68. The van der Waals surface area contributed by atoms with Crippen molar-refractivity contribution in [2.45, 2.75) is 18.9 Å². The Balaban J connectivity index is 2.06. The second-order valence-electron chi connectivity index (χ2n) is 4.12. The highest BCUT2D eigenvalue weighted by Crippen LogP contribution is 2.12. The van der Waals surface area contributed by atoms with Crippen molar-refractivity contribution in [2.75, 3.05) is 13.1 Å². The summed E-state index contributed by atoms with van der Waals surface area (Å²) in [5.41, 5.74) is -0.240. The molecule has 1 atom stereocenters. The van der Waals surface area contributed by atoms with Crippen LogP contribution in [-0.2, 0) is 0 Å². The lowest BCUT2D eigenvalue weighted by Crippen LogP contribution is -2.45. The van der Waals surface area contributed by atoms with E-state index in [1.807, 2.05) is 0 Å². The van der Waals surface area contributed by atoms with Gasteiger partial charge in [0, 0.05) is 12.6 Å². The SMILES string of the molecule is O=C(N[C@@H]1CCCNC1)c1cccc(F)c1F. The van der Waals surface area contributed by atoms with E-state index in [0.717, 1.165) is 25.5 Å². The van der Waals surface area contributed by atoms with Crippen molar-refractivity contribution in [3.05, 3.63) is 35.4 Å². The number of carbonyl (C=O) groups is 1. The monoisotopic (exact) mass is 240 g/mol. The Morgan fingerprint density at radius 3 is 2.94 bits per heavy atom. The quantitative estimate of drug-likeness (QED) is 0.821. The summed E-state index contributed by atoms with van der Waals surface area (Å²) < 4.78 is 26.3. The highest BCUT2D eigenvalue weighted by molar-refractivity contribution is 5.94. The van der Waals surface area contributed by atoms with Crippen molar-refractivity contribution < 1.29 is 13.6 Å². The molecule has 1 aliphatic rings. The number of hydrogen-bond donors (Lipinski definition) is 2. The number of rotatable bonds is 2. The maximum atomic E-state index is 13.4. The van der Waals surface area contributed by atoms with Gasteiger partial charge in [-0.2, -0.15) is 0 Å². The fourth-order valence-corrected chi connectivity index (χ4v) is 1.92. The second kappa shape index (κ2) is 5.23. The van der Waals surface area contributed by atoms with Crippen LogP contribution in [0.5, 0.6) is 0 Å². The molecular formula is C12H14F2N2O. The molecule has 0 saturated carbocycles.